The Labute approximate surface area is 170 Å². The largest absolute Gasteiger partial charge is 0.476 e. The molecule has 0 aliphatic carbocycles. The highest BCUT2D eigenvalue weighted by molar-refractivity contribution is 5.85. The molecule has 0 bridgehead atoms. The van der Waals surface area contributed by atoms with Crippen LogP contribution in [-0.4, -0.2) is 88.5 Å². The van der Waals surface area contributed by atoms with Crippen LogP contribution in [0.2, 0.25) is 0 Å². The molecule has 8 nitrogen and oxygen atoms in total. The second-order valence-corrected chi connectivity index (χ2v) is 7.92. The minimum Gasteiger partial charge on any atom is -0.476 e. The Hall–Kier alpha value is -2.55. The number of rotatable bonds is 4. The standard InChI is InChI=1S/C21H27N5O3/c1-24-11-13-25(14-12-24)18-15-26(19-8-7-17(20(27)28)22-23-19)10-9-21(18,29)16-5-3-2-4-6-16/h2-8,18,29H,9-15H2,1H3,(H,27,28)/t18-,21+/m1/s1. The van der Waals surface area contributed by atoms with Gasteiger partial charge in [0.1, 0.15) is 5.60 Å². The first-order valence-corrected chi connectivity index (χ1v) is 10.00. The van der Waals surface area contributed by atoms with Gasteiger partial charge in [-0.3, -0.25) is 4.90 Å². The van der Waals surface area contributed by atoms with E-state index in [-0.39, 0.29) is 11.7 Å². The van der Waals surface area contributed by atoms with Crippen molar-refractivity contribution < 1.29 is 15.0 Å². The Bertz CT molecular complexity index is 839. The molecule has 3 heterocycles. The number of aliphatic hydroxyl groups is 1. The molecule has 1 aromatic heterocycles. The highest BCUT2D eigenvalue weighted by Crippen LogP contribution is 2.37. The van der Waals surface area contributed by atoms with Gasteiger partial charge in [-0.15, -0.1) is 10.2 Å². The molecule has 2 N–H and O–H groups in total. The fraction of sp³-hybridized carbons (Fsp3) is 0.476. The summed E-state index contributed by atoms with van der Waals surface area (Å²) in [4.78, 5) is 17.8. The maximum Gasteiger partial charge on any atom is 0.356 e. The zero-order chi connectivity index (χ0) is 20.4. The quantitative estimate of drug-likeness (QED) is 0.786. The molecule has 4 rings (SSSR count). The van der Waals surface area contributed by atoms with Crippen LogP contribution in [0.25, 0.3) is 0 Å². The van der Waals surface area contributed by atoms with E-state index >= 15 is 0 Å². The van der Waals surface area contributed by atoms with Crippen molar-refractivity contribution in [3.8, 4) is 0 Å². The molecule has 8 heteroatoms. The first kappa shape index (κ1) is 19.8. The van der Waals surface area contributed by atoms with Crippen molar-refractivity contribution in [2.75, 3.05) is 51.2 Å². The van der Waals surface area contributed by atoms with Crippen LogP contribution < -0.4 is 4.90 Å². The van der Waals surface area contributed by atoms with E-state index in [2.05, 4.69) is 31.9 Å². The summed E-state index contributed by atoms with van der Waals surface area (Å²) in [7, 11) is 2.12. The van der Waals surface area contributed by atoms with Crippen molar-refractivity contribution in [3.05, 3.63) is 53.7 Å². The summed E-state index contributed by atoms with van der Waals surface area (Å²) < 4.78 is 0. The topological polar surface area (TPSA) is 93.0 Å². The van der Waals surface area contributed by atoms with Crippen molar-refractivity contribution in [1.29, 1.82) is 0 Å². The molecule has 2 aliphatic rings. The molecular weight excluding hydrogens is 370 g/mol. The van der Waals surface area contributed by atoms with Gasteiger partial charge in [-0.05, 0) is 31.2 Å². The summed E-state index contributed by atoms with van der Waals surface area (Å²) in [6.45, 7) is 4.96. The third kappa shape index (κ3) is 3.96. The fourth-order valence-electron chi connectivity index (χ4n) is 4.35. The maximum atomic E-state index is 11.8. The summed E-state index contributed by atoms with van der Waals surface area (Å²) in [5.41, 5.74) is -0.0692. The smallest absolute Gasteiger partial charge is 0.356 e. The third-order valence-electron chi connectivity index (χ3n) is 6.15. The lowest BCUT2D eigenvalue weighted by Crippen LogP contribution is -2.64. The van der Waals surface area contributed by atoms with E-state index in [0.29, 0.717) is 25.3 Å². The Kier molecular flexibility index (Phi) is 5.49. The molecule has 0 radical (unpaired) electrons. The zero-order valence-corrected chi connectivity index (χ0v) is 16.6. The number of hydrogen-bond acceptors (Lipinski definition) is 7. The molecule has 154 valence electrons. The minimum atomic E-state index is -1.09. The summed E-state index contributed by atoms with van der Waals surface area (Å²) in [6, 6.07) is 13.0. The van der Waals surface area contributed by atoms with Gasteiger partial charge in [0.15, 0.2) is 11.5 Å². The van der Waals surface area contributed by atoms with Gasteiger partial charge in [-0.25, -0.2) is 4.79 Å². The second kappa shape index (κ2) is 8.06. The lowest BCUT2D eigenvalue weighted by Gasteiger charge is -2.51. The molecule has 2 saturated heterocycles. The first-order chi connectivity index (χ1) is 14.0. The molecular formula is C21H27N5O3. The molecule has 29 heavy (non-hydrogen) atoms. The molecule has 1 aromatic carbocycles. The van der Waals surface area contributed by atoms with Gasteiger partial charge in [-0.2, -0.15) is 0 Å². The number of hydrogen-bond donors (Lipinski definition) is 2. The Morgan fingerprint density at radius 2 is 1.76 bits per heavy atom. The molecule has 0 spiro atoms. The van der Waals surface area contributed by atoms with Gasteiger partial charge in [0.2, 0.25) is 0 Å². The lowest BCUT2D eigenvalue weighted by atomic mass is 9.79. The van der Waals surface area contributed by atoms with Crippen LogP contribution in [0.5, 0.6) is 0 Å². The van der Waals surface area contributed by atoms with Crippen molar-refractivity contribution in [3.63, 3.8) is 0 Å². The van der Waals surface area contributed by atoms with Crippen molar-refractivity contribution >= 4 is 11.8 Å². The number of carboxylic acid groups (broad SMARTS) is 1. The first-order valence-electron chi connectivity index (χ1n) is 10.00. The van der Waals surface area contributed by atoms with Gasteiger partial charge in [0.05, 0.1) is 6.04 Å². The number of nitrogens with zero attached hydrogens (tertiary/aromatic N) is 5. The molecule has 2 aromatic rings. The number of carbonyl (C=O) groups is 1. The van der Waals surface area contributed by atoms with Gasteiger partial charge >= 0.3 is 5.97 Å². The Morgan fingerprint density at radius 3 is 2.38 bits per heavy atom. The van der Waals surface area contributed by atoms with Crippen molar-refractivity contribution in [2.45, 2.75) is 18.1 Å². The van der Waals surface area contributed by atoms with Crippen molar-refractivity contribution in [2.24, 2.45) is 0 Å². The summed E-state index contributed by atoms with van der Waals surface area (Å²) >= 11 is 0. The molecule has 2 fully saturated rings. The van der Waals surface area contributed by atoms with Gasteiger partial charge in [0.25, 0.3) is 0 Å². The summed E-state index contributed by atoms with van der Waals surface area (Å²) in [5.74, 6) is -0.444. The zero-order valence-electron chi connectivity index (χ0n) is 16.6. The summed E-state index contributed by atoms with van der Waals surface area (Å²) in [6.07, 6.45) is 0.566. The van der Waals surface area contributed by atoms with Crippen LogP contribution in [0.15, 0.2) is 42.5 Å². The number of piperidine rings is 1. The van der Waals surface area contributed by atoms with Crippen LogP contribution in [0.1, 0.15) is 22.5 Å². The number of anilines is 1. The van der Waals surface area contributed by atoms with E-state index in [4.69, 9.17) is 5.11 Å². The highest BCUT2D eigenvalue weighted by atomic mass is 16.4. The van der Waals surface area contributed by atoms with E-state index in [1.54, 1.807) is 6.07 Å². The number of benzene rings is 1. The second-order valence-electron chi connectivity index (χ2n) is 7.92. The SMILES string of the molecule is CN1CCN([C@@H]2CN(c3ccc(C(=O)O)nn3)CC[C@]2(O)c2ccccc2)CC1. The lowest BCUT2D eigenvalue weighted by molar-refractivity contribution is -0.0757. The van der Waals surface area contributed by atoms with E-state index in [0.717, 1.165) is 31.7 Å². The van der Waals surface area contributed by atoms with E-state index in [1.165, 1.54) is 6.07 Å². The maximum absolute atomic E-state index is 11.8. The number of piperazine rings is 1. The predicted molar refractivity (Wildman–Crippen MR) is 109 cm³/mol. The summed E-state index contributed by atoms with van der Waals surface area (Å²) in [5, 5.41) is 28.8. The van der Waals surface area contributed by atoms with Gasteiger partial charge in [-0.1, -0.05) is 30.3 Å². The molecule has 0 amide bonds. The van der Waals surface area contributed by atoms with E-state index in [9.17, 15) is 9.90 Å². The minimum absolute atomic E-state index is 0.0674. The molecule has 2 atom stereocenters. The molecule has 0 unspecified atom stereocenters. The Balaban J connectivity index is 1.61. The van der Waals surface area contributed by atoms with Crippen LogP contribution in [0, 0.1) is 0 Å². The van der Waals surface area contributed by atoms with Crippen LogP contribution in [-0.2, 0) is 5.60 Å². The Morgan fingerprint density at radius 1 is 1.03 bits per heavy atom. The normalized spacial score (nSPS) is 26.4. The number of aromatic carboxylic acids is 1. The molecule has 0 saturated carbocycles. The average molecular weight is 397 g/mol. The van der Waals surface area contributed by atoms with Gasteiger partial charge in [0, 0.05) is 39.3 Å². The number of aromatic nitrogens is 2. The predicted octanol–water partition coefficient (Wildman–Crippen LogP) is 0.889. The average Bonchev–Trinajstić information content (AvgIpc) is 2.75. The van der Waals surface area contributed by atoms with Crippen LogP contribution in [0.4, 0.5) is 5.82 Å². The highest BCUT2D eigenvalue weighted by Gasteiger charge is 2.46. The van der Waals surface area contributed by atoms with E-state index < -0.39 is 11.6 Å². The van der Waals surface area contributed by atoms with Crippen LogP contribution >= 0.6 is 0 Å². The monoisotopic (exact) mass is 397 g/mol. The fourth-order valence-corrected chi connectivity index (χ4v) is 4.35. The van der Waals surface area contributed by atoms with E-state index in [1.807, 2.05) is 30.3 Å². The van der Waals surface area contributed by atoms with Crippen molar-refractivity contribution in [1.82, 2.24) is 20.0 Å². The number of carboxylic acids is 1. The third-order valence-corrected chi connectivity index (χ3v) is 6.15. The van der Waals surface area contributed by atoms with Gasteiger partial charge < -0.3 is 20.0 Å². The number of likely N-dealkylation sites (N-methyl/N-ethyl adjacent to an activating group) is 1. The van der Waals surface area contributed by atoms with Crippen LogP contribution in [0.3, 0.4) is 0 Å². The molecule has 2 aliphatic heterocycles.